The molecule has 0 amide bonds. The fraction of sp³-hybridized carbons (Fsp3) is 0. The van der Waals surface area contributed by atoms with Crippen LogP contribution in [0.15, 0.2) is 30.5 Å². The molecule has 19 heavy (non-hydrogen) atoms. The van der Waals surface area contributed by atoms with Crippen LogP contribution in [0.3, 0.4) is 0 Å². The number of anilines is 1. The second-order valence-electron chi connectivity index (χ2n) is 3.60. The van der Waals surface area contributed by atoms with E-state index in [-0.39, 0.29) is 27.9 Å². The Balaban J connectivity index is 2.28. The largest absolute Gasteiger partial charge is 0.478 e. The lowest BCUT2D eigenvalue weighted by Gasteiger charge is -2.08. The van der Waals surface area contributed by atoms with Crippen LogP contribution in [-0.2, 0) is 0 Å². The number of rotatable bonds is 3. The highest BCUT2D eigenvalue weighted by Gasteiger charge is 2.10. The van der Waals surface area contributed by atoms with Crippen molar-refractivity contribution in [3.63, 3.8) is 0 Å². The van der Waals surface area contributed by atoms with E-state index in [1.165, 1.54) is 18.2 Å². The number of carboxylic acids is 1. The predicted octanol–water partition coefficient (Wildman–Crippen LogP) is 2.95. The molecule has 0 atom stereocenters. The van der Waals surface area contributed by atoms with E-state index >= 15 is 0 Å². The number of carbonyl (C=O) groups is 1. The molecule has 0 spiro atoms. The monoisotopic (exact) mass is 282 g/mol. The molecule has 0 bridgehead atoms. The van der Waals surface area contributed by atoms with Gasteiger partial charge in [-0.1, -0.05) is 11.6 Å². The minimum Gasteiger partial charge on any atom is -0.478 e. The third-order valence-corrected chi connectivity index (χ3v) is 2.54. The van der Waals surface area contributed by atoms with Gasteiger partial charge in [-0.05, 0) is 18.2 Å². The number of aromatic carboxylic acids is 1. The Morgan fingerprint density at radius 2 is 2.16 bits per heavy atom. The van der Waals surface area contributed by atoms with Gasteiger partial charge in [-0.15, -0.1) is 0 Å². The lowest BCUT2D eigenvalue weighted by molar-refractivity contribution is 0.0696. The zero-order valence-electron chi connectivity index (χ0n) is 9.43. The maximum atomic E-state index is 13.2. The van der Waals surface area contributed by atoms with Crippen LogP contribution in [0.25, 0.3) is 0 Å². The quantitative estimate of drug-likeness (QED) is 0.904. The summed E-state index contributed by atoms with van der Waals surface area (Å²) in [6.45, 7) is 0. The van der Waals surface area contributed by atoms with E-state index in [1.807, 2.05) is 0 Å². The third kappa shape index (κ3) is 2.92. The maximum absolute atomic E-state index is 13.2. The van der Waals surface area contributed by atoms with Crippen molar-refractivity contribution in [1.29, 1.82) is 0 Å². The summed E-state index contributed by atoms with van der Waals surface area (Å²) in [5.41, 5.74) is 5.58. The average Bonchev–Trinajstić information content (AvgIpc) is 2.36. The van der Waals surface area contributed by atoms with Gasteiger partial charge in [0, 0.05) is 12.3 Å². The first-order chi connectivity index (χ1) is 8.97. The third-order valence-electron chi connectivity index (χ3n) is 2.23. The maximum Gasteiger partial charge on any atom is 0.337 e. The lowest BCUT2D eigenvalue weighted by atomic mass is 10.2. The molecule has 7 heteroatoms. The molecule has 1 aromatic carbocycles. The molecular formula is C12H8ClFN2O3. The number of hydrogen-bond acceptors (Lipinski definition) is 4. The normalized spacial score (nSPS) is 10.2. The average molecular weight is 283 g/mol. The molecular weight excluding hydrogens is 275 g/mol. The van der Waals surface area contributed by atoms with Gasteiger partial charge in [-0.25, -0.2) is 14.2 Å². The number of halogens is 2. The van der Waals surface area contributed by atoms with Crippen molar-refractivity contribution in [2.45, 2.75) is 0 Å². The van der Waals surface area contributed by atoms with E-state index in [9.17, 15) is 9.18 Å². The molecule has 0 saturated carbocycles. The lowest BCUT2D eigenvalue weighted by Crippen LogP contribution is -2.01. The second-order valence-corrected chi connectivity index (χ2v) is 4.01. The fourth-order valence-corrected chi connectivity index (χ4v) is 1.44. The molecule has 0 aliphatic heterocycles. The number of nitrogens with two attached hydrogens (primary N) is 1. The van der Waals surface area contributed by atoms with E-state index in [2.05, 4.69) is 4.98 Å². The first-order valence-electron chi connectivity index (χ1n) is 5.09. The summed E-state index contributed by atoms with van der Waals surface area (Å²) < 4.78 is 18.5. The Hall–Kier alpha value is -2.34. The van der Waals surface area contributed by atoms with Crippen LogP contribution in [0.2, 0.25) is 5.02 Å². The Morgan fingerprint density at radius 3 is 2.74 bits per heavy atom. The Morgan fingerprint density at radius 1 is 1.42 bits per heavy atom. The summed E-state index contributed by atoms with van der Waals surface area (Å²) in [6, 6.07) is 5.05. The molecule has 2 rings (SSSR count). The topological polar surface area (TPSA) is 85.4 Å². The van der Waals surface area contributed by atoms with E-state index in [0.29, 0.717) is 0 Å². The summed E-state index contributed by atoms with van der Waals surface area (Å²) in [4.78, 5) is 14.5. The van der Waals surface area contributed by atoms with Crippen molar-refractivity contribution in [2.24, 2.45) is 0 Å². The highest BCUT2D eigenvalue weighted by atomic mass is 35.5. The number of pyridine rings is 1. The number of aromatic nitrogens is 1. The van der Waals surface area contributed by atoms with Gasteiger partial charge in [-0.2, -0.15) is 0 Å². The molecule has 0 aliphatic carbocycles. The zero-order chi connectivity index (χ0) is 14.0. The van der Waals surface area contributed by atoms with E-state index in [1.54, 1.807) is 0 Å². The van der Waals surface area contributed by atoms with Crippen molar-refractivity contribution in [3.8, 4) is 11.6 Å². The minimum absolute atomic E-state index is 0.00766. The number of nitrogens with zero attached hydrogens (tertiary/aromatic N) is 1. The summed E-state index contributed by atoms with van der Waals surface area (Å²) in [7, 11) is 0. The number of benzene rings is 1. The highest BCUT2D eigenvalue weighted by Crippen LogP contribution is 2.28. The molecule has 98 valence electrons. The van der Waals surface area contributed by atoms with Crippen molar-refractivity contribution in [3.05, 3.63) is 46.9 Å². The predicted molar refractivity (Wildman–Crippen MR) is 67.1 cm³/mol. The Labute approximate surface area is 112 Å². The molecule has 0 saturated heterocycles. The van der Waals surface area contributed by atoms with Gasteiger partial charge in [0.2, 0.25) is 5.88 Å². The number of hydrogen-bond donors (Lipinski definition) is 2. The standard InChI is InChI=1S/C12H8ClFN2O3/c13-8-2-1-7(4-9(8)14)19-11-10(15)3-6(5-16-11)12(17)18/h1-5H,15H2,(H,17,18). The van der Waals surface area contributed by atoms with Gasteiger partial charge in [0.05, 0.1) is 16.3 Å². The second kappa shape index (κ2) is 5.11. The van der Waals surface area contributed by atoms with Crippen LogP contribution in [0.5, 0.6) is 11.6 Å². The molecule has 0 aliphatic rings. The van der Waals surface area contributed by atoms with Crippen molar-refractivity contribution in [1.82, 2.24) is 4.98 Å². The van der Waals surface area contributed by atoms with E-state index < -0.39 is 11.8 Å². The van der Waals surface area contributed by atoms with Crippen LogP contribution in [-0.4, -0.2) is 16.1 Å². The Bertz CT molecular complexity index is 649. The molecule has 1 heterocycles. The molecule has 0 radical (unpaired) electrons. The summed E-state index contributed by atoms with van der Waals surface area (Å²) >= 11 is 5.53. The molecule has 2 aromatic rings. The summed E-state index contributed by atoms with van der Waals surface area (Å²) in [5.74, 6) is -1.64. The Kier molecular flexibility index (Phi) is 3.52. The van der Waals surface area contributed by atoms with Crippen LogP contribution in [0.4, 0.5) is 10.1 Å². The number of ether oxygens (including phenoxy) is 1. The van der Waals surface area contributed by atoms with E-state index in [0.717, 1.165) is 12.3 Å². The van der Waals surface area contributed by atoms with Crippen molar-refractivity contribution in [2.75, 3.05) is 5.73 Å². The smallest absolute Gasteiger partial charge is 0.337 e. The molecule has 5 nitrogen and oxygen atoms in total. The zero-order valence-corrected chi connectivity index (χ0v) is 10.2. The highest BCUT2D eigenvalue weighted by molar-refractivity contribution is 6.30. The van der Waals surface area contributed by atoms with Crippen molar-refractivity contribution >= 4 is 23.3 Å². The van der Waals surface area contributed by atoms with Gasteiger partial charge in [0.15, 0.2) is 0 Å². The van der Waals surface area contributed by atoms with Crippen LogP contribution in [0, 0.1) is 5.82 Å². The van der Waals surface area contributed by atoms with Crippen LogP contribution < -0.4 is 10.5 Å². The van der Waals surface area contributed by atoms with Gasteiger partial charge >= 0.3 is 5.97 Å². The number of nitrogen functional groups attached to an aromatic ring is 1. The molecule has 1 aromatic heterocycles. The molecule has 0 fully saturated rings. The SMILES string of the molecule is Nc1cc(C(=O)O)cnc1Oc1ccc(Cl)c(F)c1. The van der Waals surface area contributed by atoms with Crippen LogP contribution >= 0.6 is 11.6 Å². The minimum atomic E-state index is -1.15. The number of carboxylic acid groups (broad SMARTS) is 1. The van der Waals surface area contributed by atoms with Gasteiger partial charge in [0.1, 0.15) is 11.6 Å². The summed E-state index contributed by atoms with van der Waals surface area (Å²) in [5, 5.41) is 8.72. The van der Waals surface area contributed by atoms with Gasteiger partial charge in [-0.3, -0.25) is 0 Å². The first kappa shape index (κ1) is 13.1. The van der Waals surface area contributed by atoms with Crippen molar-refractivity contribution < 1.29 is 19.0 Å². The fourth-order valence-electron chi connectivity index (χ4n) is 1.32. The molecule has 0 unspecified atom stereocenters. The first-order valence-corrected chi connectivity index (χ1v) is 5.47. The van der Waals surface area contributed by atoms with Gasteiger partial charge in [0.25, 0.3) is 0 Å². The summed E-state index contributed by atoms with van der Waals surface area (Å²) in [6.07, 6.45) is 1.10. The molecule has 3 N–H and O–H groups in total. The van der Waals surface area contributed by atoms with E-state index in [4.69, 9.17) is 27.2 Å². The van der Waals surface area contributed by atoms with Crippen LogP contribution in [0.1, 0.15) is 10.4 Å². The van der Waals surface area contributed by atoms with Gasteiger partial charge < -0.3 is 15.6 Å².